The Bertz CT molecular complexity index is 471. The van der Waals surface area contributed by atoms with Crippen LogP contribution in [-0.4, -0.2) is 40.0 Å². The normalized spacial score (nSPS) is 12.0. The average molecular weight is 286 g/mol. The number of hydrogen-bond acceptors (Lipinski definition) is 4. The number of nitrogens with zero attached hydrogens (tertiary/aromatic N) is 1. The smallest absolute Gasteiger partial charge is 0.218 e. The van der Waals surface area contributed by atoms with E-state index in [0.29, 0.717) is 26.1 Å². The van der Waals surface area contributed by atoms with Crippen LogP contribution in [0.25, 0.3) is 0 Å². The molecule has 19 heavy (non-hydrogen) atoms. The van der Waals surface area contributed by atoms with Crippen LogP contribution in [0.3, 0.4) is 0 Å². The van der Waals surface area contributed by atoms with Crippen LogP contribution in [0.4, 0.5) is 0 Å². The van der Waals surface area contributed by atoms with E-state index in [4.69, 9.17) is 10.5 Å². The second kappa shape index (κ2) is 7.59. The van der Waals surface area contributed by atoms with Crippen LogP contribution >= 0.6 is 0 Å². The third kappa shape index (κ3) is 5.28. The molecule has 0 fully saturated rings. The van der Waals surface area contributed by atoms with Gasteiger partial charge in [0.05, 0.1) is 5.75 Å². The fourth-order valence-corrected chi connectivity index (χ4v) is 2.90. The van der Waals surface area contributed by atoms with Gasteiger partial charge < -0.3 is 10.5 Å². The van der Waals surface area contributed by atoms with Gasteiger partial charge >= 0.3 is 0 Å². The molecule has 2 N–H and O–H groups in total. The lowest BCUT2D eigenvalue weighted by Gasteiger charge is -2.17. The zero-order valence-electron chi connectivity index (χ0n) is 11.5. The van der Waals surface area contributed by atoms with Gasteiger partial charge in [0.25, 0.3) is 0 Å². The Morgan fingerprint density at radius 2 is 1.79 bits per heavy atom. The van der Waals surface area contributed by atoms with Crippen molar-refractivity contribution < 1.29 is 13.2 Å². The summed E-state index contributed by atoms with van der Waals surface area (Å²) in [6, 6.07) is 7.33. The summed E-state index contributed by atoms with van der Waals surface area (Å²) in [6.45, 7) is 1.49. The van der Waals surface area contributed by atoms with Crippen molar-refractivity contribution in [2.24, 2.45) is 5.73 Å². The van der Waals surface area contributed by atoms with E-state index >= 15 is 0 Å². The van der Waals surface area contributed by atoms with Gasteiger partial charge in [0.15, 0.2) is 0 Å². The van der Waals surface area contributed by atoms with Gasteiger partial charge in [0, 0.05) is 33.9 Å². The molecule has 0 heterocycles. The van der Waals surface area contributed by atoms with Crippen molar-refractivity contribution in [1.29, 1.82) is 0 Å². The lowest BCUT2D eigenvalue weighted by Crippen LogP contribution is -2.29. The summed E-state index contributed by atoms with van der Waals surface area (Å²) in [5.74, 6) is 0.0152. The standard InChI is InChI=1S/C13H22N2O3S/c1-15(8-3-9-18-2)19(16,17)11-13-6-4-12(10-14)5-7-13/h4-7H,3,8-11,14H2,1-2H3. The summed E-state index contributed by atoms with van der Waals surface area (Å²) in [7, 11) is -0.0657. The van der Waals surface area contributed by atoms with Gasteiger partial charge in [-0.2, -0.15) is 0 Å². The second-order valence-electron chi connectivity index (χ2n) is 4.44. The number of nitrogens with two attached hydrogens (primary N) is 1. The molecule has 0 aromatic heterocycles. The molecular weight excluding hydrogens is 264 g/mol. The highest BCUT2D eigenvalue weighted by Crippen LogP contribution is 2.11. The van der Waals surface area contributed by atoms with Crippen molar-refractivity contribution in [2.75, 3.05) is 27.3 Å². The molecule has 0 spiro atoms. The zero-order chi connectivity index (χ0) is 14.3. The molecule has 0 aliphatic heterocycles. The third-order valence-corrected chi connectivity index (χ3v) is 4.73. The summed E-state index contributed by atoms with van der Waals surface area (Å²) in [6.07, 6.45) is 0.693. The van der Waals surface area contributed by atoms with Crippen LogP contribution < -0.4 is 5.73 Å². The van der Waals surface area contributed by atoms with Gasteiger partial charge in [-0.05, 0) is 17.5 Å². The van der Waals surface area contributed by atoms with Gasteiger partial charge in [0.1, 0.15) is 0 Å². The summed E-state index contributed by atoms with van der Waals surface area (Å²) in [5.41, 5.74) is 7.27. The van der Waals surface area contributed by atoms with Crippen LogP contribution in [0.5, 0.6) is 0 Å². The highest BCUT2D eigenvalue weighted by molar-refractivity contribution is 7.88. The highest BCUT2D eigenvalue weighted by Gasteiger charge is 2.17. The van der Waals surface area contributed by atoms with Crippen LogP contribution in [-0.2, 0) is 27.1 Å². The summed E-state index contributed by atoms with van der Waals surface area (Å²) in [4.78, 5) is 0. The minimum Gasteiger partial charge on any atom is -0.385 e. The number of hydrogen-bond donors (Lipinski definition) is 1. The first-order chi connectivity index (χ1) is 8.99. The maximum Gasteiger partial charge on any atom is 0.218 e. The van der Waals surface area contributed by atoms with Gasteiger partial charge in [-0.15, -0.1) is 0 Å². The maximum atomic E-state index is 12.1. The molecule has 0 unspecified atom stereocenters. The monoisotopic (exact) mass is 286 g/mol. The molecule has 0 aliphatic carbocycles. The summed E-state index contributed by atoms with van der Waals surface area (Å²) < 4.78 is 30.5. The minimum absolute atomic E-state index is 0.0152. The Balaban J connectivity index is 2.62. The van der Waals surface area contributed by atoms with Crippen LogP contribution in [0.2, 0.25) is 0 Å². The fraction of sp³-hybridized carbons (Fsp3) is 0.538. The van der Waals surface area contributed by atoms with Crippen molar-refractivity contribution >= 4 is 10.0 Å². The highest BCUT2D eigenvalue weighted by atomic mass is 32.2. The Morgan fingerprint density at radius 3 is 2.32 bits per heavy atom. The lowest BCUT2D eigenvalue weighted by atomic mass is 10.1. The summed E-state index contributed by atoms with van der Waals surface area (Å²) >= 11 is 0. The number of sulfonamides is 1. The van der Waals surface area contributed by atoms with E-state index in [0.717, 1.165) is 11.1 Å². The van der Waals surface area contributed by atoms with Crippen molar-refractivity contribution in [3.8, 4) is 0 Å². The Morgan fingerprint density at radius 1 is 1.21 bits per heavy atom. The molecular formula is C13H22N2O3S. The van der Waals surface area contributed by atoms with Crippen molar-refractivity contribution in [2.45, 2.75) is 18.7 Å². The average Bonchev–Trinajstić information content (AvgIpc) is 2.39. The molecule has 0 amide bonds. The van der Waals surface area contributed by atoms with Gasteiger partial charge in [-0.25, -0.2) is 12.7 Å². The predicted octanol–water partition coefficient (Wildman–Crippen LogP) is 0.943. The zero-order valence-corrected chi connectivity index (χ0v) is 12.3. The Labute approximate surface area is 115 Å². The molecule has 1 aromatic rings. The van der Waals surface area contributed by atoms with Crippen molar-refractivity contribution in [3.05, 3.63) is 35.4 Å². The second-order valence-corrected chi connectivity index (χ2v) is 6.52. The molecule has 0 atom stereocenters. The molecule has 108 valence electrons. The van der Waals surface area contributed by atoms with E-state index in [9.17, 15) is 8.42 Å². The van der Waals surface area contributed by atoms with E-state index in [1.165, 1.54) is 4.31 Å². The fourth-order valence-electron chi connectivity index (χ4n) is 1.66. The Kier molecular flexibility index (Phi) is 6.44. The largest absolute Gasteiger partial charge is 0.385 e. The first-order valence-electron chi connectivity index (χ1n) is 6.20. The van der Waals surface area contributed by atoms with Crippen LogP contribution in [0, 0.1) is 0 Å². The maximum absolute atomic E-state index is 12.1. The molecule has 1 aromatic carbocycles. The molecule has 6 heteroatoms. The predicted molar refractivity (Wildman–Crippen MR) is 76.1 cm³/mol. The number of ether oxygens (including phenoxy) is 1. The molecule has 1 rings (SSSR count). The number of benzene rings is 1. The van der Waals surface area contributed by atoms with Gasteiger partial charge in [-0.3, -0.25) is 0 Å². The SMILES string of the molecule is COCCCN(C)S(=O)(=O)Cc1ccc(CN)cc1. The van der Waals surface area contributed by atoms with Crippen molar-refractivity contribution in [3.63, 3.8) is 0 Å². The van der Waals surface area contributed by atoms with E-state index in [1.54, 1.807) is 14.2 Å². The molecule has 5 nitrogen and oxygen atoms in total. The van der Waals surface area contributed by atoms with E-state index in [2.05, 4.69) is 0 Å². The van der Waals surface area contributed by atoms with Gasteiger partial charge in [0.2, 0.25) is 10.0 Å². The summed E-state index contributed by atoms with van der Waals surface area (Å²) in [5, 5.41) is 0. The van der Waals surface area contributed by atoms with Crippen molar-refractivity contribution in [1.82, 2.24) is 4.31 Å². The van der Waals surface area contributed by atoms with Crippen LogP contribution in [0.1, 0.15) is 17.5 Å². The van der Waals surface area contributed by atoms with Crippen LogP contribution in [0.15, 0.2) is 24.3 Å². The molecule has 0 bridgehead atoms. The molecule has 0 saturated heterocycles. The lowest BCUT2D eigenvalue weighted by molar-refractivity contribution is 0.189. The molecule has 0 aliphatic rings. The first-order valence-corrected chi connectivity index (χ1v) is 7.81. The van der Waals surface area contributed by atoms with Gasteiger partial charge in [-0.1, -0.05) is 24.3 Å². The molecule has 0 radical (unpaired) electrons. The number of methoxy groups -OCH3 is 1. The van der Waals surface area contributed by atoms with E-state index in [1.807, 2.05) is 24.3 Å². The topological polar surface area (TPSA) is 72.6 Å². The number of rotatable bonds is 8. The molecule has 0 saturated carbocycles. The minimum atomic E-state index is -3.27. The van der Waals surface area contributed by atoms with E-state index < -0.39 is 10.0 Å². The Hall–Kier alpha value is -0.950. The quantitative estimate of drug-likeness (QED) is 0.722. The van der Waals surface area contributed by atoms with E-state index in [-0.39, 0.29) is 5.75 Å². The first kappa shape index (κ1) is 16.1. The third-order valence-electron chi connectivity index (χ3n) is 2.90.